The molecule has 4 heteroatoms. The molecule has 2 N–H and O–H groups in total. The van der Waals surface area contributed by atoms with Gasteiger partial charge in [0, 0.05) is 32.2 Å². The number of hydrogen-bond acceptors (Lipinski definition) is 3. The summed E-state index contributed by atoms with van der Waals surface area (Å²) in [4.78, 5) is 2.41. The summed E-state index contributed by atoms with van der Waals surface area (Å²) in [7, 11) is 0. The maximum atomic E-state index is 9.36. The summed E-state index contributed by atoms with van der Waals surface area (Å²) in [6.07, 6.45) is 0. The zero-order chi connectivity index (χ0) is 10.7. The predicted octanol–water partition coefficient (Wildman–Crippen LogP) is 1.61. The Morgan fingerprint density at radius 2 is 2.31 bits per heavy atom. The molecule has 0 saturated carbocycles. The maximum Gasteiger partial charge on any atom is 0.115 e. The summed E-state index contributed by atoms with van der Waals surface area (Å²) < 4.78 is 0. The molecule has 1 fully saturated rings. The number of nitrogens with zero attached hydrogens (tertiary/aromatic N) is 1. The highest BCUT2D eigenvalue weighted by atomic mass is 35.5. The summed E-state index contributed by atoms with van der Waals surface area (Å²) >= 11 is 0. The molecule has 3 nitrogen and oxygen atoms in total. The van der Waals surface area contributed by atoms with E-state index < -0.39 is 0 Å². The Labute approximate surface area is 103 Å². The van der Waals surface area contributed by atoms with Crippen LogP contribution in [-0.2, 0) is 6.54 Å². The lowest BCUT2D eigenvalue weighted by atomic mass is 10.1. The first-order chi connectivity index (χ1) is 7.24. The van der Waals surface area contributed by atoms with E-state index in [2.05, 4.69) is 23.2 Å². The first kappa shape index (κ1) is 13.3. The van der Waals surface area contributed by atoms with Crippen LogP contribution in [0.3, 0.4) is 0 Å². The lowest BCUT2D eigenvalue weighted by molar-refractivity contribution is 0.199. The average Bonchev–Trinajstić information content (AvgIpc) is 2.17. The molecule has 1 unspecified atom stereocenters. The standard InChI is InChI=1S/C12H18N2O.ClH/c1-10-8-14(6-5-13-10)9-11-3-2-4-12(15)7-11;/h2-4,7,10,13,15H,5-6,8-9H2,1H3;1H. The molecule has 0 bridgehead atoms. The van der Waals surface area contributed by atoms with Gasteiger partial charge in [-0.1, -0.05) is 12.1 Å². The monoisotopic (exact) mass is 242 g/mol. The quantitative estimate of drug-likeness (QED) is 0.827. The molecule has 1 aromatic rings. The number of aromatic hydroxyl groups is 1. The van der Waals surface area contributed by atoms with Crippen molar-refractivity contribution in [1.29, 1.82) is 0 Å². The topological polar surface area (TPSA) is 35.5 Å². The zero-order valence-corrected chi connectivity index (χ0v) is 10.3. The Kier molecular flexibility index (Phi) is 5.06. The predicted molar refractivity (Wildman–Crippen MR) is 68.1 cm³/mol. The summed E-state index contributed by atoms with van der Waals surface area (Å²) in [6.45, 7) is 6.35. The zero-order valence-electron chi connectivity index (χ0n) is 9.52. The Hall–Kier alpha value is -0.770. The van der Waals surface area contributed by atoms with E-state index in [1.165, 1.54) is 5.56 Å². The van der Waals surface area contributed by atoms with Gasteiger partial charge in [-0.25, -0.2) is 0 Å². The molecule has 1 aliphatic rings. The number of rotatable bonds is 2. The molecule has 0 radical (unpaired) electrons. The van der Waals surface area contributed by atoms with Crippen molar-refractivity contribution < 1.29 is 5.11 Å². The Morgan fingerprint density at radius 3 is 3.00 bits per heavy atom. The average molecular weight is 243 g/mol. The van der Waals surface area contributed by atoms with Crippen LogP contribution in [0.4, 0.5) is 0 Å². The van der Waals surface area contributed by atoms with Crippen molar-refractivity contribution in [2.75, 3.05) is 19.6 Å². The van der Waals surface area contributed by atoms with Crippen LogP contribution in [0.5, 0.6) is 5.75 Å². The number of piperazine rings is 1. The molecule has 0 aliphatic carbocycles. The van der Waals surface area contributed by atoms with Gasteiger partial charge < -0.3 is 10.4 Å². The second-order valence-electron chi connectivity index (χ2n) is 4.26. The largest absolute Gasteiger partial charge is 0.508 e. The molecule has 1 saturated heterocycles. The molecule has 1 atom stereocenters. The number of halogens is 1. The van der Waals surface area contributed by atoms with E-state index in [0.29, 0.717) is 11.8 Å². The highest BCUT2D eigenvalue weighted by Gasteiger charge is 2.15. The third-order valence-corrected chi connectivity index (χ3v) is 2.77. The molecule has 0 aromatic heterocycles. The number of phenolic OH excluding ortho intramolecular Hbond substituents is 1. The van der Waals surface area contributed by atoms with Crippen molar-refractivity contribution in [2.45, 2.75) is 19.5 Å². The van der Waals surface area contributed by atoms with Crippen LogP contribution in [0.2, 0.25) is 0 Å². The molecule has 1 heterocycles. The van der Waals surface area contributed by atoms with E-state index in [-0.39, 0.29) is 12.4 Å². The van der Waals surface area contributed by atoms with Crippen LogP contribution in [0.25, 0.3) is 0 Å². The molecule has 90 valence electrons. The second kappa shape index (κ2) is 6.09. The summed E-state index contributed by atoms with van der Waals surface area (Å²) in [5.74, 6) is 0.357. The van der Waals surface area contributed by atoms with Gasteiger partial charge >= 0.3 is 0 Å². The third-order valence-electron chi connectivity index (χ3n) is 2.77. The molecular weight excluding hydrogens is 224 g/mol. The van der Waals surface area contributed by atoms with Gasteiger partial charge in [-0.15, -0.1) is 12.4 Å². The molecule has 1 aliphatic heterocycles. The van der Waals surface area contributed by atoms with Crippen LogP contribution in [0.1, 0.15) is 12.5 Å². The van der Waals surface area contributed by atoms with E-state index >= 15 is 0 Å². The van der Waals surface area contributed by atoms with E-state index in [1.807, 2.05) is 12.1 Å². The molecule has 1 aromatic carbocycles. The number of nitrogens with one attached hydrogen (secondary N) is 1. The van der Waals surface area contributed by atoms with Gasteiger partial charge in [-0.2, -0.15) is 0 Å². The van der Waals surface area contributed by atoms with E-state index in [9.17, 15) is 5.11 Å². The number of benzene rings is 1. The van der Waals surface area contributed by atoms with Crippen molar-refractivity contribution in [3.8, 4) is 5.75 Å². The van der Waals surface area contributed by atoms with Gasteiger partial charge in [0.15, 0.2) is 0 Å². The maximum absolute atomic E-state index is 9.36. The fourth-order valence-electron chi connectivity index (χ4n) is 2.07. The Balaban J connectivity index is 0.00000128. The highest BCUT2D eigenvalue weighted by molar-refractivity contribution is 5.85. The molecule has 0 spiro atoms. The molecular formula is C12H19ClN2O. The Bertz CT molecular complexity index is 333. The minimum absolute atomic E-state index is 0. The first-order valence-electron chi connectivity index (χ1n) is 5.48. The SMILES string of the molecule is CC1CN(Cc2cccc(O)c2)CCN1.Cl. The second-order valence-corrected chi connectivity index (χ2v) is 4.26. The normalized spacial score (nSPS) is 21.4. The van der Waals surface area contributed by atoms with Crippen LogP contribution in [0, 0.1) is 0 Å². The molecule has 16 heavy (non-hydrogen) atoms. The van der Waals surface area contributed by atoms with Crippen LogP contribution >= 0.6 is 12.4 Å². The summed E-state index contributed by atoms with van der Waals surface area (Å²) in [6, 6.07) is 8.08. The molecule has 2 rings (SSSR count). The van der Waals surface area contributed by atoms with E-state index in [0.717, 1.165) is 26.2 Å². The summed E-state index contributed by atoms with van der Waals surface area (Å²) in [5, 5.41) is 12.8. The lowest BCUT2D eigenvalue weighted by Crippen LogP contribution is -2.48. The van der Waals surface area contributed by atoms with Crippen molar-refractivity contribution in [1.82, 2.24) is 10.2 Å². The Morgan fingerprint density at radius 1 is 1.50 bits per heavy atom. The van der Waals surface area contributed by atoms with Crippen molar-refractivity contribution in [3.05, 3.63) is 29.8 Å². The van der Waals surface area contributed by atoms with Gasteiger partial charge in [-0.05, 0) is 24.6 Å². The summed E-state index contributed by atoms with van der Waals surface area (Å²) in [5.41, 5.74) is 1.18. The van der Waals surface area contributed by atoms with Gasteiger partial charge in [0.05, 0.1) is 0 Å². The van der Waals surface area contributed by atoms with Crippen molar-refractivity contribution >= 4 is 12.4 Å². The van der Waals surface area contributed by atoms with Crippen molar-refractivity contribution in [2.24, 2.45) is 0 Å². The first-order valence-corrected chi connectivity index (χ1v) is 5.48. The van der Waals surface area contributed by atoms with E-state index in [1.54, 1.807) is 6.07 Å². The highest BCUT2D eigenvalue weighted by Crippen LogP contribution is 2.13. The fourth-order valence-corrected chi connectivity index (χ4v) is 2.07. The minimum atomic E-state index is 0. The van der Waals surface area contributed by atoms with Crippen LogP contribution < -0.4 is 5.32 Å². The minimum Gasteiger partial charge on any atom is -0.508 e. The fraction of sp³-hybridized carbons (Fsp3) is 0.500. The van der Waals surface area contributed by atoms with Crippen molar-refractivity contribution in [3.63, 3.8) is 0 Å². The van der Waals surface area contributed by atoms with E-state index in [4.69, 9.17) is 0 Å². The number of hydrogen-bond donors (Lipinski definition) is 2. The third kappa shape index (κ3) is 3.67. The number of phenols is 1. The smallest absolute Gasteiger partial charge is 0.115 e. The van der Waals surface area contributed by atoms with Gasteiger partial charge in [0.1, 0.15) is 5.75 Å². The molecule has 0 amide bonds. The van der Waals surface area contributed by atoms with Gasteiger partial charge in [-0.3, -0.25) is 4.90 Å². The van der Waals surface area contributed by atoms with Crippen LogP contribution in [-0.4, -0.2) is 35.7 Å². The van der Waals surface area contributed by atoms with Gasteiger partial charge in [0.2, 0.25) is 0 Å². The lowest BCUT2D eigenvalue weighted by Gasteiger charge is -2.31. The van der Waals surface area contributed by atoms with Crippen LogP contribution in [0.15, 0.2) is 24.3 Å². The van der Waals surface area contributed by atoms with Gasteiger partial charge in [0.25, 0.3) is 0 Å².